The zero-order valence-electron chi connectivity index (χ0n) is 24.5. The molecule has 0 amide bonds. The van der Waals surface area contributed by atoms with Gasteiger partial charge in [0.15, 0.2) is 0 Å². The lowest BCUT2D eigenvalue weighted by Gasteiger charge is -2.22. The van der Waals surface area contributed by atoms with Gasteiger partial charge in [-0.05, 0) is 90.0 Å². The fourth-order valence-corrected chi connectivity index (χ4v) is 6.03. The van der Waals surface area contributed by atoms with Gasteiger partial charge in [0, 0.05) is 17.4 Å². The van der Waals surface area contributed by atoms with Crippen LogP contribution in [0.4, 0.5) is 0 Å². The van der Waals surface area contributed by atoms with Crippen molar-refractivity contribution in [1.82, 2.24) is 14.3 Å². The fraction of sp³-hybridized carbons (Fsp3) is 0.194. The highest BCUT2D eigenvalue weighted by Crippen LogP contribution is 2.37. The second kappa shape index (κ2) is 11.5. The van der Waals surface area contributed by atoms with Crippen molar-refractivity contribution in [1.29, 1.82) is 0 Å². The van der Waals surface area contributed by atoms with Gasteiger partial charge in [-0.2, -0.15) is 5.10 Å². The molecule has 6 aromatic rings. The molecule has 1 unspecified atom stereocenters. The Hall–Kier alpha value is -5.21. The van der Waals surface area contributed by atoms with Gasteiger partial charge in [-0.25, -0.2) is 14.3 Å². The predicted octanol–water partition coefficient (Wildman–Crippen LogP) is 7.59. The van der Waals surface area contributed by atoms with Gasteiger partial charge in [0.25, 0.3) is 0 Å². The molecule has 1 aliphatic rings. The summed E-state index contributed by atoms with van der Waals surface area (Å²) in [6, 6.07) is 27.8. The van der Waals surface area contributed by atoms with Gasteiger partial charge in [0.05, 0.1) is 54.5 Å². The molecule has 8 nitrogen and oxygen atoms in total. The maximum Gasteiger partial charge on any atom is 0.337 e. The summed E-state index contributed by atoms with van der Waals surface area (Å²) in [5.41, 5.74) is 8.15. The number of hydrogen-bond donors (Lipinski definition) is 0. The van der Waals surface area contributed by atoms with Crippen molar-refractivity contribution >= 4 is 33.7 Å². The van der Waals surface area contributed by atoms with Gasteiger partial charge in [-0.3, -0.25) is 0 Å². The fourth-order valence-electron chi connectivity index (χ4n) is 6.03. The number of nitrogens with zero attached hydrogens (tertiary/aromatic N) is 3. The molecule has 0 N–H and O–H groups in total. The van der Waals surface area contributed by atoms with E-state index in [9.17, 15) is 9.59 Å². The van der Waals surface area contributed by atoms with Crippen LogP contribution >= 0.6 is 0 Å². The van der Waals surface area contributed by atoms with Crippen LogP contribution in [0.2, 0.25) is 0 Å². The molecule has 44 heavy (non-hydrogen) atoms. The number of methoxy groups -OCH3 is 2. The minimum atomic E-state index is -0.360. The van der Waals surface area contributed by atoms with E-state index in [0.29, 0.717) is 11.1 Å². The van der Waals surface area contributed by atoms with Crippen LogP contribution in [0.25, 0.3) is 49.7 Å². The monoisotopic (exact) mass is 585 g/mol. The Balaban J connectivity index is 1.37. The van der Waals surface area contributed by atoms with Crippen LogP contribution in [0.15, 0.2) is 97.3 Å². The summed E-state index contributed by atoms with van der Waals surface area (Å²) in [6.07, 6.45) is 7.07. The van der Waals surface area contributed by atoms with Crippen LogP contribution in [0, 0.1) is 0 Å². The Labute approximate surface area is 254 Å². The summed E-state index contributed by atoms with van der Waals surface area (Å²) in [6.45, 7) is 0.752. The molecule has 0 bridgehead atoms. The number of ether oxygens (including phenoxy) is 3. The largest absolute Gasteiger partial charge is 0.465 e. The molecule has 8 heteroatoms. The summed E-state index contributed by atoms with van der Waals surface area (Å²) in [5, 5.41) is 6.87. The second-order valence-electron chi connectivity index (χ2n) is 10.9. The van der Waals surface area contributed by atoms with Gasteiger partial charge in [0.2, 0.25) is 0 Å². The van der Waals surface area contributed by atoms with Crippen molar-refractivity contribution in [2.75, 3.05) is 20.8 Å². The molecule has 1 saturated heterocycles. The number of carbonyl (C=O) groups excluding carboxylic acids is 2. The van der Waals surface area contributed by atoms with Crippen molar-refractivity contribution in [2.24, 2.45) is 0 Å². The number of fused-ring (bicyclic) bond motifs is 3. The zero-order valence-corrected chi connectivity index (χ0v) is 24.5. The molecule has 2 aromatic heterocycles. The highest BCUT2D eigenvalue weighted by atomic mass is 16.5. The number of rotatable bonds is 6. The quantitative estimate of drug-likeness (QED) is 0.187. The van der Waals surface area contributed by atoms with Crippen LogP contribution in [-0.2, 0) is 14.2 Å². The Morgan fingerprint density at radius 2 is 1.25 bits per heavy atom. The van der Waals surface area contributed by atoms with Crippen LogP contribution < -0.4 is 0 Å². The number of esters is 2. The van der Waals surface area contributed by atoms with Crippen molar-refractivity contribution < 1.29 is 23.8 Å². The maximum absolute atomic E-state index is 12.0. The van der Waals surface area contributed by atoms with Crippen molar-refractivity contribution in [3.05, 3.63) is 108 Å². The summed E-state index contributed by atoms with van der Waals surface area (Å²) in [7, 11) is 2.77. The van der Waals surface area contributed by atoms with Gasteiger partial charge in [-0.1, -0.05) is 36.4 Å². The van der Waals surface area contributed by atoms with Gasteiger partial charge in [0.1, 0.15) is 6.23 Å². The SMILES string of the molecule is COC(=O)c1ccc(-c2ccc3c(c2)c2cc(-c4ccc(C(=O)OC)cc4)ccc2n3-c2cnn(C3CCCCO3)c2)cc1. The Morgan fingerprint density at radius 1 is 0.727 bits per heavy atom. The summed E-state index contributed by atoms with van der Waals surface area (Å²) in [4.78, 5) is 24.0. The van der Waals surface area contributed by atoms with E-state index in [-0.39, 0.29) is 18.2 Å². The predicted molar refractivity (Wildman–Crippen MR) is 169 cm³/mol. The van der Waals surface area contributed by atoms with Crippen LogP contribution in [0.1, 0.15) is 46.2 Å². The third-order valence-electron chi connectivity index (χ3n) is 8.34. The van der Waals surface area contributed by atoms with E-state index in [1.165, 1.54) is 14.2 Å². The smallest absolute Gasteiger partial charge is 0.337 e. The molecule has 1 aliphatic heterocycles. The normalized spacial score (nSPS) is 15.0. The van der Waals surface area contributed by atoms with Crippen LogP contribution in [0.3, 0.4) is 0 Å². The molecule has 0 aliphatic carbocycles. The van der Waals surface area contributed by atoms with Gasteiger partial charge in [-0.15, -0.1) is 0 Å². The average Bonchev–Trinajstić information content (AvgIpc) is 3.70. The Bertz CT molecular complexity index is 1880. The standard InChI is InChI=1S/C36H31N3O5/c1-42-35(40)25-10-6-23(7-11-25)27-14-16-32-30(19-27)31-20-28(24-8-12-26(13-9-24)36(41)43-2)15-17-33(31)39(32)29-21-37-38(22-29)34-5-3-4-18-44-34/h6-17,19-22,34H,3-5,18H2,1-2H3. The number of hydrogen-bond acceptors (Lipinski definition) is 6. The van der Waals surface area contributed by atoms with E-state index in [2.05, 4.69) is 47.2 Å². The van der Waals surface area contributed by atoms with E-state index in [4.69, 9.17) is 19.3 Å². The highest BCUT2D eigenvalue weighted by Gasteiger charge is 2.20. The van der Waals surface area contributed by atoms with E-state index in [1.54, 1.807) is 24.3 Å². The van der Waals surface area contributed by atoms with E-state index < -0.39 is 0 Å². The average molecular weight is 586 g/mol. The number of benzene rings is 4. The Kier molecular flexibility index (Phi) is 7.20. The first-order chi connectivity index (χ1) is 21.5. The summed E-state index contributed by atoms with van der Waals surface area (Å²) < 4.78 is 19.9. The minimum Gasteiger partial charge on any atom is -0.465 e. The minimum absolute atomic E-state index is 0.0512. The van der Waals surface area contributed by atoms with E-state index in [1.807, 2.05) is 35.1 Å². The summed E-state index contributed by atoms with van der Waals surface area (Å²) >= 11 is 0. The molecule has 0 saturated carbocycles. The van der Waals surface area contributed by atoms with Crippen molar-refractivity contribution in [2.45, 2.75) is 25.5 Å². The number of aromatic nitrogens is 3. The van der Waals surface area contributed by atoms with Crippen LogP contribution in [-0.4, -0.2) is 47.1 Å². The topological polar surface area (TPSA) is 84.6 Å². The third-order valence-corrected chi connectivity index (χ3v) is 8.34. The first-order valence-corrected chi connectivity index (χ1v) is 14.7. The van der Waals surface area contributed by atoms with Gasteiger partial charge < -0.3 is 18.8 Å². The lowest BCUT2D eigenvalue weighted by Crippen LogP contribution is -2.18. The lowest BCUT2D eigenvalue weighted by molar-refractivity contribution is -0.0394. The molecule has 3 heterocycles. The molecule has 7 rings (SSSR count). The second-order valence-corrected chi connectivity index (χ2v) is 10.9. The molecular weight excluding hydrogens is 554 g/mol. The molecule has 220 valence electrons. The molecule has 1 fully saturated rings. The summed E-state index contributed by atoms with van der Waals surface area (Å²) in [5.74, 6) is -0.720. The maximum atomic E-state index is 12.0. The molecule has 1 atom stereocenters. The third kappa shape index (κ3) is 4.93. The van der Waals surface area contributed by atoms with Gasteiger partial charge >= 0.3 is 11.9 Å². The number of carbonyl (C=O) groups is 2. The first kappa shape index (κ1) is 27.6. The van der Waals surface area contributed by atoms with Crippen LogP contribution in [0.5, 0.6) is 0 Å². The highest BCUT2D eigenvalue weighted by molar-refractivity contribution is 6.11. The lowest BCUT2D eigenvalue weighted by atomic mass is 9.99. The molecule has 0 radical (unpaired) electrons. The molecule has 4 aromatic carbocycles. The first-order valence-electron chi connectivity index (χ1n) is 14.7. The zero-order chi connectivity index (χ0) is 30.2. The van der Waals surface area contributed by atoms with E-state index >= 15 is 0 Å². The Morgan fingerprint density at radius 3 is 1.73 bits per heavy atom. The van der Waals surface area contributed by atoms with Crippen molar-refractivity contribution in [3.63, 3.8) is 0 Å². The molecular formula is C36H31N3O5. The van der Waals surface area contributed by atoms with E-state index in [0.717, 1.165) is 75.6 Å². The van der Waals surface area contributed by atoms with Crippen molar-refractivity contribution in [3.8, 4) is 27.9 Å². The molecule has 0 spiro atoms.